The number of aliphatic hydroxyl groups is 1. The lowest BCUT2D eigenvalue weighted by Crippen LogP contribution is -2.34. The van der Waals surface area contributed by atoms with Crippen molar-refractivity contribution in [3.05, 3.63) is 93.8 Å². The number of H-pyrrole nitrogens is 1. The van der Waals surface area contributed by atoms with Crippen LogP contribution in [0.2, 0.25) is 10.2 Å². The molecule has 38 heavy (non-hydrogen) atoms. The molecule has 0 radical (unpaired) electrons. The summed E-state index contributed by atoms with van der Waals surface area (Å²) in [7, 11) is 0. The minimum Gasteiger partial charge on any atom is -0.481 e. The molecule has 12 heteroatoms. The van der Waals surface area contributed by atoms with E-state index in [0.717, 1.165) is 40.9 Å². The first-order valence-corrected chi connectivity index (χ1v) is 12.6. The van der Waals surface area contributed by atoms with Crippen LogP contribution in [0.3, 0.4) is 0 Å². The second-order valence-corrected chi connectivity index (χ2v) is 9.90. The summed E-state index contributed by atoms with van der Waals surface area (Å²) in [6.45, 7) is 0. The van der Waals surface area contributed by atoms with E-state index >= 15 is 0 Å². The third kappa shape index (κ3) is 4.47. The highest BCUT2D eigenvalue weighted by Gasteiger charge is 2.37. The summed E-state index contributed by atoms with van der Waals surface area (Å²) in [5, 5.41) is 32.6. The van der Waals surface area contributed by atoms with Gasteiger partial charge in [-0.2, -0.15) is 4.68 Å². The Hall–Kier alpha value is -3.99. The second kappa shape index (κ2) is 9.71. The SMILES string of the molecule is O=C(O)Cc1ccc(-c2[nH]c([C@@H]3CCC4=CC(c5cc(Cl)ccc5-n5cnnn5)=CC(O)N43)nc2Cl)cc1. The first-order chi connectivity index (χ1) is 18.4. The van der Waals surface area contributed by atoms with Crippen molar-refractivity contribution < 1.29 is 15.0 Å². The number of aromatic nitrogens is 6. The van der Waals surface area contributed by atoms with Gasteiger partial charge in [0.1, 0.15) is 18.4 Å². The van der Waals surface area contributed by atoms with Crippen molar-refractivity contribution in [3.63, 3.8) is 0 Å². The smallest absolute Gasteiger partial charge is 0.307 e. The number of hydrogen-bond acceptors (Lipinski definition) is 7. The van der Waals surface area contributed by atoms with Crippen molar-refractivity contribution in [2.24, 2.45) is 0 Å². The summed E-state index contributed by atoms with van der Waals surface area (Å²) in [6.07, 6.45) is 5.84. The number of carbonyl (C=O) groups is 1. The highest BCUT2D eigenvalue weighted by molar-refractivity contribution is 6.32. The minimum absolute atomic E-state index is 0.0474. The summed E-state index contributed by atoms with van der Waals surface area (Å²) in [6, 6.07) is 12.4. The lowest BCUT2D eigenvalue weighted by Gasteiger charge is -2.33. The van der Waals surface area contributed by atoms with Gasteiger partial charge < -0.3 is 20.1 Å². The summed E-state index contributed by atoms with van der Waals surface area (Å²) in [5.41, 5.74) is 5.47. The standard InChI is InChI=1S/C26H21Cl2N7O3/c27-17-5-7-20(34-13-29-32-33-34)19(12-17)16-10-18-6-8-21(35(18)22(36)11-16)26-30-24(25(28)31-26)15-3-1-14(2-4-15)9-23(37)38/h1-5,7,10-13,21-22,36H,6,8-9H2,(H,30,31)(H,37,38)/t21-,22?/m0/s1. The van der Waals surface area contributed by atoms with Gasteiger partial charge in [-0.3, -0.25) is 4.79 Å². The molecule has 4 aromatic rings. The van der Waals surface area contributed by atoms with E-state index in [9.17, 15) is 9.90 Å². The zero-order chi connectivity index (χ0) is 26.4. The molecule has 1 unspecified atom stereocenters. The fourth-order valence-electron chi connectivity index (χ4n) is 5.05. The number of nitrogens with one attached hydrogen (secondary N) is 1. The Bertz CT molecular complexity index is 1580. The number of aliphatic carboxylic acids is 1. The van der Waals surface area contributed by atoms with E-state index in [4.69, 9.17) is 28.3 Å². The van der Waals surface area contributed by atoms with Crippen LogP contribution in [0.25, 0.3) is 22.5 Å². The van der Waals surface area contributed by atoms with E-state index in [1.54, 1.807) is 29.0 Å². The number of tetrazole rings is 1. The van der Waals surface area contributed by atoms with Gasteiger partial charge in [0.15, 0.2) is 5.15 Å². The van der Waals surface area contributed by atoms with E-state index in [2.05, 4.69) is 25.5 Å². The summed E-state index contributed by atoms with van der Waals surface area (Å²) in [4.78, 5) is 20.8. The van der Waals surface area contributed by atoms with E-state index < -0.39 is 12.2 Å². The fourth-order valence-corrected chi connectivity index (χ4v) is 5.47. The molecule has 192 valence electrons. The highest BCUT2D eigenvalue weighted by Crippen LogP contribution is 2.44. The van der Waals surface area contributed by atoms with E-state index in [1.807, 2.05) is 35.2 Å². The number of aliphatic hydroxyl groups excluding tert-OH is 1. The molecule has 1 fully saturated rings. The number of nitrogens with zero attached hydrogens (tertiary/aromatic N) is 6. The molecule has 0 saturated carbocycles. The molecule has 0 spiro atoms. The maximum atomic E-state index is 11.2. The predicted molar refractivity (Wildman–Crippen MR) is 140 cm³/mol. The van der Waals surface area contributed by atoms with Crippen LogP contribution in [0, 0.1) is 0 Å². The van der Waals surface area contributed by atoms with E-state index in [1.165, 1.54) is 6.33 Å². The molecule has 0 amide bonds. The molecular formula is C26H21Cl2N7O3. The number of carboxylic acids is 1. The average molecular weight is 550 g/mol. The van der Waals surface area contributed by atoms with Gasteiger partial charge >= 0.3 is 5.97 Å². The van der Waals surface area contributed by atoms with Crippen molar-refractivity contribution in [3.8, 4) is 16.9 Å². The van der Waals surface area contributed by atoms with Crippen LogP contribution in [0.5, 0.6) is 0 Å². The number of halogens is 2. The molecule has 2 atom stereocenters. The van der Waals surface area contributed by atoms with Crippen LogP contribution in [0.1, 0.15) is 35.8 Å². The van der Waals surface area contributed by atoms with Crippen LogP contribution in [0.4, 0.5) is 0 Å². The number of benzene rings is 2. The number of imidazole rings is 1. The molecule has 2 aliphatic rings. The van der Waals surface area contributed by atoms with Gasteiger partial charge in [0.25, 0.3) is 0 Å². The molecule has 1 saturated heterocycles. The van der Waals surface area contributed by atoms with Gasteiger partial charge in [-0.25, -0.2) is 4.98 Å². The predicted octanol–water partition coefficient (Wildman–Crippen LogP) is 4.42. The summed E-state index contributed by atoms with van der Waals surface area (Å²) in [5.74, 6) is -0.236. The number of hydrogen-bond donors (Lipinski definition) is 3. The molecule has 10 nitrogen and oxygen atoms in total. The zero-order valence-corrected chi connectivity index (χ0v) is 21.3. The average Bonchev–Trinajstić information content (AvgIpc) is 3.64. The molecule has 4 heterocycles. The highest BCUT2D eigenvalue weighted by atomic mass is 35.5. The number of rotatable bonds is 6. The molecule has 0 aliphatic carbocycles. The van der Waals surface area contributed by atoms with Crippen LogP contribution < -0.4 is 0 Å². The Kier molecular flexibility index (Phi) is 6.22. The minimum atomic E-state index is -0.902. The molecule has 6 rings (SSSR count). The van der Waals surface area contributed by atoms with E-state index in [0.29, 0.717) is 27.3 Å². The summed E-state index contributed by atoms with van der Waals surface area (Å²) < 4.78 is 1.56. The van der Waals surface area contributed by atoms with E-state index in [-0.39, 0.29) is 12.5 Å². The molecule has 3 N–H and O–H groups in total. The lowest BCUT2D eigenvalue weighted by molar-refractivity contribution is -0.136. The van der Waals surface area contributed by atoms with Gasteiger partial charge in [-0.05, 0) is 64.8 Å². The van der Waals surface area contributed by atoms with Crippen molar-refractivity contribution >= 4 is 34.7 Å². The summed E-state index contributed by atoms with van der Waals surface area (Å²) >= 11 is 12.8. The Labute approximate surface area is 226 Å². The second-order valence-electron chi connectivity index (χ2n) is 9.10. The van der Waals surface area contributed by atoms with Gasteiger partial charge in [0, 0.05) is 21.8 Å². The van der Waals surface area contributed by atoms with Crippen molar-refractivity contribution in [1.29, 1.82) is 0 Å². The Morgan fingerprint density at radius 2 is 1.97 bits per heavy atom. The van der Waals surface area contributed by atoms with Crippen LogP contribution in [-0.2, 0) is 11.2 Å². The van der Waals surface area contributed by atoms with Crippen molar-refractivity contribution in [2.75, 3.05) is 0 Å². The third-order valence-electron chi connectivity index (χ3n) is 6.73. The van der Waals surface area contributed by atoms with Crippen molar-refractivity contribution in [1.82, 2.24) is 35.1 Å². The quantitative estimate of drug-likeness (QED) is 0.321. The third-order valence-corrected chi connectivity index (χ3v) is 7.24. The molecule has 2 aromatic heterocycles. The van der Waals surface area contributed by atoms with Crippen molar-refractivity contribution in [2.45, 2.75) is 31.5 Å². The Morgan fingerprint density at radius 3 is 2.71 bits per heavy atom. The van der Waals surface area contributed by atoms with Gasteiger partial charge in [0.2, 0.25) is 0 Å². The van der Waals surface area contributed by atoms with Crippen LogP contribution >= 0.6 is 23.2 Å². The topological polar surface area (TPSA) is 133 Å². The van der Waals surface area contributed by atoms with Gasteiger partial charge in [-0.15, -0.1) is 5.10 Å². The molecule has 0 bridgehead atoms. The number of carboxylic acid groups (broad SMARTS) is 1. The molecular weight excluding hydrogens is 529 g/mol. The normalized spacial score (nSPS) is 18.8. The monoisotopic (exact) mass is 549 g/mol. The fraction of sp³-hybridized carbons (Fsp3) is 0.192. The first kappa shape index (κ1) is 24.4. The molecule has 2 aliphatic heterocycles. The molecule has 2 aromatic carbocycles. The first-order valence-electron chi connectivity index (χ1n) is 11.9. The van der Waals surface area contributed by atoms with Crippen LogP contribution in [-0.4, -0.2) is 57.5 Å². The largest absolute Gasteiger partial charge is 0.481 e. The zero-order valence-electron chi connectivity index (χ0n) is 19.8. The van der Waals surface area contributed by atoms with Gasteiger partial charge in [0.05, 0.1) is 23.8 Å². The number of fused-ring (bicyclic) bond motifs is 1. The van der Waals surface area contributed by atoms with Gasteiger partial charge in [-0.1, -0.05) is 47.5 Å². The Balaban J connectivity index is 1.28. The lowest BCUT2D eigenvalue weighted by atomic mass is 9.99. The maximum absolute atomic E-state index is 11.2. The Morgan fingerprint density at radius 1 is 1.16 bits per heavy atom. The number of aromatic amines is 1. The van der Waals surface area contributed by atoms with Crippen LogP contribution in [0.15, 0.2) is 66.6 Å². The number of allylic oxidation sites excluding steroid dienone is 3. The maximum Gasteiger partial charge on any atom is 0.307 e.